The third kappa shape index (κ3) is 3.52. The molecule has 29 heavy (non-hydrogen) atoms. The summed E-state index contributed by atoms with van der Waals surface area (Å²) in [5.74, 6) is 1.24. The Morgan fingerprint density at radius 3 is 2.34 bits per heavy atom. The van der Waals surface area contributed by atoms with Gasteiger partial charge in [0.2, 0.25) is 0 Å². The summed E-state index contributed by atoms with van der Waals surface area (Å²) in [5, 5.41) is 12.4. The summed E-state index contributed by atoms with van der Waals surface area (Å²) in [4.78, 5) is 16.7. The van der Waals surface area contributed by atoms with Gasteiger partial charge < -0.3 is 29.7 Å². The van der Waals surface area contributed by atoms with Crippen molar-refractivity contribution in [3.8, 4) is 17.2 Å². The van der Waals surface area contributed by atoms with E-state index in [-0.39, 0.29) is 11.8 Å². The lowest BCUT2D eigenvalue weighted by molar-refractivity contribution is -0.0716. The number of amides is 2. The number of aromatic hydroxyl groups is 1. The average Bonchev–Trinajstić information content (AvgIpc) is 3.34. The van der Waals surface area contributed by atoms with Crippen LogP contribution in [0.4, 0.5) is 16.2 Å². The fraction of sp³-hybridized carbons (Fsp3) is 0.409. The molecule has 7 heteroatoms. The zero-order valence-corrected chi connectivity index (χ0v) is 16.3. The van der Waals surface area contributed by atoms with Crippen molar-refractivity contribution in [3.63, 3.8) is 0 Å². The van der Waals surface area contributed by atoms with E-state index in [2.05, 4.69) is 10.2 Å². The third-order valence-corrected chi connectivity index (χ3v) is 5.93. The number of nitrogens with one attached hydrogen (secondary N) is 1. The summed E-state index contributed by atoms with van der Waals surface area (Å²) in [7, 11) is 0. The molecular weight excluding hydrogens is 370 g/mol. The van der Waals surface area contributed by atoms with Crippen LogP contribution in [0.15, 0.2) is 42.5 Å². The molecule has 0 radical (unpaired) electrons. The summed E-state index contributed by atoms with van der Waals surface area (Å²) in [6.07, 6.45) is 4.06. The Hall–Kier alpha value is -3.09. The van der Waals surface area contributed by atoms with Crippen LogP contribution in [0.25, 0.3) is 0 Å². The maximum atomic E-state index is 12.7. The van der Waals surface area contributed by atoms with Crippen LogP contribution in [-0.4, -0.2) is 48.0 Å². The molecule has 152 valence electrons. The van der Waals surface area contributed by atoms with Gasteiger partial charge in [0, 0.05) is 56.5 Å². The van der Waals surface area contributed by atoms with E-state index in [1.807, 2.05) is 35.2 Å². The molecule has 0 bridgehead atoms. The third-order valence-electron chi connectivity index (χ3n) is 5.93. The largest absolute Gasteiger partial charge is 0.508 e. The Labute approximate surface area is 169 Å². The van der Waals surface area contributed by atoms with Crippen LogP contribution in [-0.2, 0) is 0 Å². The van der Waals surface area contributed by atoms with E-state index in [9.17, 15) is 9.90 Å². The fourth-order valence-corrected chi connectivity index (χ4v) is 4.32. The number of anilines is 2. The fourth-order valence-electron chi connectivity index (χ4n) is 4.32. The molecule has 0 atom stereocenters. The van der Waals surface area contributed by atoms with Gasteiger partial charge in [0.1, 0.15) is 5.75 Å². The van der Waals surface area contributed by atoms with Gasteiger partial charge in [0.15, 0.2) is 11.5 Å². The smallest absolute Gasteiger partial charge is 0.321 e. The average molecular weight is 395 g/mol. The SMILES string of the molecule is O=C(Nc1ccc2c(c1)OC1(CCCC1)O2)N1CCN(c2ccc(O)cc2)CC1. The van der Waals surface area contributed by atoms with Gasteiger partial charge in [-0.1, -0.05) is 0 Å². The highest BCUT2D eigenvalue weighted by molar-refractivity contribution is 5.90. The van der Waals surface area contributed by atoms with Gasteiger partial charge >= 0.3 is 6.03 Å². The minimum Gasteiger partial charge on any atom is -0.508 e. The standard InChI is InChI=1S/C22H25N3O4/c26-18-6-4-17(5-7-18)24-11-13-25(14-12-24)21(27)23-16-3-8-19-20(15-16)29-22(28-19)9-1-2-10-22/h3-8,15,26H,1-2,9-14H2,(H,23,27). The van der Waals surface area contributed by atoms with Crippen molar-refractivity contribution in [3.05, 3.63) is 42.5 Å². The quantitative estimate of drug-likeness (QED) is 0.809. The van der Waals surface area contributed by atoms with Crippen LogP contribution in [0.2, 0.25) is 0 Å². The number of phenols is 1. The summed E-state index contributed by atoms with van der Waals surface area (Å²) < 4.78 is 12.1. The van der Waals surface area contributed by atoms with Crippen molar-refractivity contribution in [1.29, 1.82) is 0 Å². The molecule has 2 aliphatic heterocycles. The van der Waals surface area contributed by atoms with Crippen LogP contribution >= 0.6 is 0 Å². The van der Waals surface area contributed by atoms with E-state index in [1.54, 1.807) is 12.1 Å². The Bertz CT molecular complexity index is 901. The highest BCUT2D eigenvalue weighted by Crippen LogP contribution is 2.47. The molecule has 1 saturated carbocycles. The molecule has 3 aliphatic rings. The zero-order valence-electron chi connectivity index (χ0n) is 16.3. The Kier molecular flexibility index (Phi) is 4.38. The van der Waals surface area contributed by atoms with Gasteiger partial charge in [-0.25, -0.2) is 4.79 Å². The predicted molar refractivity (Wildman–Crippen MR) is 110 cm³/mol. The maximum Gasteiger partial charge on any atom is 0.321 e. The molecule has 1 aliphatic carbocycles. The second-order valence-electron chi connectivity index (χ2n) is 7.90. The summed E-state index contributed by atoms with van der Waals surface area (Å²) in [5.41, 5.74) is 1.77. The molecule has 1 spiro atoms. The van der Waals surface area contributed by atoms with Crippen molar-refractivity contribution < 1.29 is 19.4 Å². The molecule has 2 heterocycles. The van der Waals surface area contributed by atoms with Crippen LogP contribution in [0.5, 0.6) is 17.2 Å². The second kappa shape index (κ2) is 7.06. The van der Waals surface area contributed by atoms with Crippen LogP contribution in [0.1, 0.15) is 25.7 Å². The van der Waals surface area contributed by atoms with Crippen LogP contribution in [0.3, 0.4) is 0 Å². The monoisotopic (exact) mass is 395 g/mol. The molecule has 5 rings (SSSR count). The Morgan fingerprint density at radius 1 is 0.931 bits per heavy atom. The van der Waals surface area contributed by atoms with E-state index in [0.717, 1.165) is 50.2 Å². The molecule has 2 N–H and O–H groups in total. The lowest BCUT2D eigenvalue weighted by atomic mass is 10.2. The van der Waals surface area contributed by atoms with E-state index in [0.29, 0.717) is 24.5 Å². The van der Waals surface area contributed by atoms with Gasteiger partial charge in [-0.15, -0.1) is 0 Å². The summed E-state index contributed by atoms with van der Waals surface area (Å²) in [6.45, 7) is 2.78. The number of ether oxygens (including phenoxy) is 2. The first kappa shape index (κ1) is 18.0. The topological polar surface area (TPSA) is 74.3 Å². The normalized spacial score (nSPS) is 19.6. The highest BCUT2D eigenvalue weighted by Gasteiger charge is 2.44. The van der Waals surface area contributed by atoms with Crippen molar-refractivity contribution >= 4 is 17.4 Å². The van der Waals surface area contributed by atoms with E-state index in [1.165, 1.54) is 0 Å². The number of piperazine rings is 1. The first-order chi connectivity index (χ1) is 14.1. The summed E-state index contributed by atoms with van der Waals surface area (Å²) in [6, 6.07) is 12.6. The second-order valence-corrected chi connectivity index (χ2v) is 7.90. The number of hydrogen-bond acceptors (Lipinski definition) is 5. The molecular formula is C22H25N3O4. The Balaban J connectivity index is 1.18. The van der Waals surface area contributed by atoms with E-state index < -0.39 is 5.79 Å². The first-order valence-corrected chi connectivity index (χ1v) is 10.2. The first-order valence-electron chi connectivity index (χ1n) is 10.2. The number of urea groups is 1. The summed E-state index contributed by atoms with van der Waals surface area (Å²) >= 11 is 0. The van der Waals surface area contributed by atoms with Gasteiger partial charge in [-0.05, 0) is 49.2 Å². The molecule has 0 unspecified atom stereocenters. The van der Waals surface area contributed by atoms with Crippen LogP contribution in [0, 0.1) is 0 Å². The number of carbonyl (C=O) groups excluding carboxylic acids is 1. The predicted octanol–water partition coefficient (Wildman–Crippen LogP) is 3.79. The lowest BCUT2D eigenvalue weighted by Crippen LogP contribution is -2.50. The number of benzene rings is 2. The molecule has 2 amide bonds. The maximum absolute atomic E-state index is 12.7. The molecule has 2 fully saturated rings. The lowest BCUT2D eigenvalue weighted by Gasteiger charge is -2.36. The molecule has 2 aromatic rings. The minimum atomic E-state index is -0.491. The molecule has 0 aromatic heterocycles. The van der Waals surface area contributed by atoms with Crippen molar-refractivity contribution in [1.82, 2.24) is 4.90 Å². The van der Waals surface area contributed by atoms with E-state index >= 15 is 0 Å². The molecule has 1 saturated heterocycles. The number of fused-ring (bicyclic) bond motifs is 1. The van der Waals surface area contributed by atoms with Gasteiger partial charge in [-0.2, -0.15) is 0 Å². The number of hydrogen-bond donors (Lipinski definition) is 2. The van der Waals surface area contributed by atoms with E-state index in [4.69, 9.17) is 9.47 Å². The minimum absolute atomic E-state index is 0.107. The van der Waals surface area contributed by atoms with Crippen molar-refractivity contribution in [2.45, 2.75) is 31.5 Å². The van der Waals surface area contributed by atoms with Crippen molar-refractivity contribution in [2.75, 3.05) is 36.4 Å². The number of carbonyl (C=O) groups is 1. The zero-order chi connectivity index (χ0) is 19.8. The van der Waals surface area contributed by atoms with Gasteiger partial charge in [-0.3, -0.25) is 0 Å². The molecule has 2 aromatic carbocycles. The number of nitrogens with zero attached hydrogens (tertiary/aromatic N) is 2. The van der Waals surface area contributed by atoms with Crippen LogP contribution < -0.4 is 19.7 Å². The number of rotatable bonds is 2. The van der Waals surface area contributed by atoms with Gasteiger partial charge in [0.25, 0.3) is 5.79 Å². The number of phenolic OH excluding ortho intramolecular Hbond substituents is 1. The Morgan fingerprint density at radius 2 is 1.62 bits per heavy atom. The van der Waals surface area contributed by atoms with Crippen molar-refractivity contribution in [2.24, 2.45) is 0 Å². The van der Waals surface area contributed by atoms with Gasteiger partial charge in [0.05, 0.1) is 0 Å². The highest BCUT2D eigenvalue weighted by atomic mass is 16.7. The molecule has 7 nitrogen and oxygen atoms in total.